The van der Waals surface area contributed by atoms with Crippen LogP contribution in [0.15, 0.2) is 72.8 Å². The number of hydrogen-bond acceptors (Lipinski definition) is 8. The molecule has 0 aromatic heterocycles. The number of hydrazine groups is 1. The average molecular weight is 395 g/mol. The van der Waals surface area contributed by atoms with Gasteiger partial charge in [-0.3, -0.25) is 40.8 Å². The second-order valence-corrected chi connectivity index (χ2v) is 5.72. The Kier molecular flexibility index (Phi) is 5.30. The number of anilines is 3. The van der Waals surface area contributed by atoms with Gasteiger partial charge in [0.15, 0.2) is 0 Å². The predicted octanol–water partition coefficient (Wildman–Crippen LogP) is 4.58. The van der Waals surface area contributed by atoms with Crippen molar-refractivity contribution in [3.63, 3.8) is 0 Å². The summed E-state index contributed by atoms with van der Waals surface area (Å²) >= 11 is 0. The van der Waals surface area contributed by atoms with Gasteiger partial charge >= 0.3 is 17.1 Å². The number of benzene rings is 3. The molecule has 1 N–H and O–H groups in total. The molecule has 0 saturated heterocycles. The van der Waals surface area contributed by atoms with E-state index in [2.05, 4.69) is 5.43 Å². The van der Waals surface area contributed by atoms with Gasteiger partial charge in [0.25, 0.3) is 0 Å². The van der Waals surface area contributed by atoms with E-state index in [4.69, 9.17) is 0 Å². The molecule has 0 heterocycles. The molecular formula is C18H13N5O6. The Labute approximate surface area is 163 Å². The second kappa shape index (κ2) is 8.00. The van der Waals surface area contributed by atoms with Gasteiger partial charge in [-0.2, -0.15) is 0 Å². The Balaban J connectivity index is 2.18. The molecule has 0 amide bonds. The van der Waals surface area contributed by atoms with E-state index in [1.807, 2.05) is 0 Å². The van der Waals surface area contributed by atoms with Crippen molar-refractivity contribution in [2.75, 3.05) is 10.4 Å². The summed E-state index contributed by atoms with van der Waals surface area (Å²) in [4.78, 5) is 30.9. The Hall–Kier alpha value is -4.54. The van der Waals surface area contributed by atoms with Crippen LogP contribution < -0.4 is 10.4 Å². The molecule has 0 unspecified atom stereocenters. The highest BCUT2D eigenvalue weighted by Gasteiger charge is 2.39. The van der Waals surface area contributed by atoms with Crippen molar-refractivity contribution >= 4 is 34.1 Å². The Morgan fingerprint density at radius 3 is 1.52 bits per heavy atom. The average Bonchev–Trinajstić information content (AvgIpc) is 2.72. The van der Waals surface area contributed by atoms with Crippen molar-refractivity contribution in [1.29, 1.82) is 0 Å². The highest BCUT2D eigenvalue weighted by molar-refractivity contribution is 5.81. The molecule has 3 rings (SSSR count). The van der Waals surface area contributed by atoms with Crippen molar-refractivity contribution in [2.24, 2.45) is 0 Å². The third-order valence-electron chi connectivity index (χ3n) is 3.95. The second-order valence-electron chi connectivity index (χ2n) is 5.72. The molecule has 146 valence electrons. The van der Waals surface area contributed by atoms with Crippen LogP contribution >= 0.6 is 0 Å². The molecule has 0 saturated carbocycles. The molecule has 0 bridgehead atoms. The van der Waals surface area contributed by atoms with Gasteiger partial charge in [0.2, 0.25) is 0 Å². The Bertz CT molecular complexity index is 1040. The zero-order valence-electron chi connectivity index (χ0n) is 14.7. The maximum absolute atomic E-state index is 11.6. The van der Waals surface area contributed by atoms with E-state index in [9.17, 15) is 30.3 Å². The fourth-order valence-corrected chi connectivity index (χ4v) is 2.72. The minimum atomic E-state index is -1.19. The summed E-state index contributed by atoms with van der Waals surface area (Å²) < 4.78 is 0. The summed E-state index contributed by atoms with van der Waals surface area (Å²) in [6.07, 6.45) is 0. The zero-order chi connectivity index (χ0) is 21.0. The molecule has 0 spiro atoms. The summed E-state index contributed by atoms with van der Waals surface area (Å²) in [5, 5.41) is 35.6. The predicted molar refractivity (Wildman–Crippen MR) is 105 cm³/mol. The maximum Gasteiger partial charge on any atom is 0.424 e. The largest absolute Gasteiger partial charge is 0.424 e. The third kappa shape index (κ3) is 3.93. The van der Waals surface area contributed by atoms with Crippen LogP contribution in [0.1, 0.15) is 0 Å². The fourth-order valence-electron chi connectivity index (χ4n) is 2.72. The molecule has 0 radical (unpaired) electrons. The lowest BCUT2D eigenvalue weighted by molar-refractivity contribution is -0.440. The number of rotatable bonds is 7. The topological polar surface area (TPSA) is 145 Å². The molecule has 0 atom stereocenters. The summed E-state index contributed by atoms with van der Waals surface area (Å²) in [6, 6.07) is 19.4. The minimum Gasteiger partial charge on any atom is -0.287 e. The fraction of sp³-hybridized carbons (Fsp3) is 0. The quantitative estimate of drug-likeness (QED) is 0.452. The molecule has 0 aliphatic heterocycles. The first-order chi connectivity index (χ1) is 13.9. The minimum absolute atomic E-state index is 0.264. The van der Waals surface area contributed by atoms with E-state index in [1.54, 1.807) is 60.7 Å². The van der Waals surface area contributed by atoms with E-state index in [-0.39, 0.29) is 5.69 Å². The number of hydrogen-bond donors (Lipinski definition) is 1. The van der Waals surface area contributed by atoms with Crippen LogP contribution in [-0.2, 0) is 0 Å². The SMILES string of the molecule is O=[N+]([O-])c1ccc(NN(c2ccccc2)c2ccccc2)c([N+](=O)[O-])c1[N+](=O)[O-]. The summed E-state index contributed by atoms with van der Waals surface area (Å²) in [5.74, 6) is 0. The first-order valence-corrected chi connectivity index (χ1v) is 8.17. The lowest BCUT2D eigenvalue weighted by atomic mass is 10.2. The van der Waals surface area contributed by atoms with Gasteiger partial charge in [0.05, 0.1) is 26.1 Å². The van der Waals surface area contributed by atoms with Crippen molar-refractivity contribution in [2.45, 2.75) is 0 Å². The highest BCUT2D eigenvalue weighted by atomic mass is 16.6. The molecular weight excluding hydrogens is 382 g/mol. The van der Waals surface area contributed by atoms with Crippen LogP contribution in [0.5, 0.6) is 0 Å². The van der Waals surface area contributed by atoms with Crippen LogP contribution in [0.3, 0.4) is 0 Å². The Morgan fingerprint density at radius 1 is 0.621 bits per heavy atom. The van der Waals surface area contributed by atoms with E-state index in [1.165, 1.54) is 5.01 Å². The molecule has 0 aliphatic carbocycles. The first-order valence-electron chi connectivity index (χ1n) is 8.17. The van der Waals surface area contributed by atoms with Gasteiger partial charge in [-0.25, -0.2) is 0 Å². The Morgan fingerprint density at radius 2 is 1.10 bits per heavy atom. The van der Waals surface area contributed by atoms with Gasteiger partial charge in [0, 0.05) is 6.07 Å². The monoisotopic (exact) mass is 395 g/mol. The van der Waals surface area contributed by atoms with Gasteiger partial charge in [-0.15, -0.1) is 0 Å². The zero-order valence-corrected chi connectivity index (χ0v) is 14.7. The number of nitrogens with zero attached hydrogens (tertiary/aromatic N) is 4. The van der Waals surface area contributed by atoms with Crippen LogP contribution in [0.4, 0.5) is 34.1 Å². The van der Waals surface area contributed by atoms with Crippen LogP contribution in [0, 0.1) is 30.3 Å². The van der Waals surface area contributed by atoms with E-state index in [0.717, 1.165) is 12.1 Å². The van der Waals surface area contributed by atoms with Crippen LogP contribution in [0.25, 0.3) is 0 Å². The van der Waals surface area contributed by atoms with Crippen molar-refractivity contribution < 1.29 is 14.8 Å². The van der Waals surface area contributed by atoms with Crippen molar-refractivity contribution in [3.8, 4) is 0 Å². The lowest BCUT2D eigenvalue weighted by Gasteiger charge is -2.26. The summed E-state index contributed by atoms with van der Waals surface area (Å²) in [7, 11) is 0. The standard InChI is InChI=1S/C18H13N5O6/c24-21(25)16-12-11-15(17(22(26)27)18(16)23(28)29)19-20(13-7-3-1-4-8-13)14-9-5-2-6-10-14/h1-12,19H. The van der Waals surface area contributed by atoms with Gasteiger partial charge in [-0.1, -0.05) is 36.4 Å². The van der Waals surface area contributed by atoms with Gasteiger partial charge < -0.3 is 0 Å². The first kappa shape index (κ1) is 19.2. The van der Waals surface area contributed by atoms with Gasteiger partial charge in [-0.05, 0) is 30.3 Å². The molecule has 29 heavy (non-hydrogen) atoms. The summed E-state index contributed by atoms with van der Waals surface area (Å²) in [5.41, 5.74) is 0.559. The molecule has 3 aromatic rings. The number of nitro benzene ring substituents is 3. The summed E-state index contributed by atoms with van der Waals surface area (Å²) in [6.45, 7) is 0. The lowest BCUT2D eigenvalue weighted by Crippen LogP contribution is -2.25. The highest BCUT2D eigenvalue weighted by Crippen LogP contribution is 2.42. The molecule has 3 aromatic carbocycles. The maximum atomic E-state index is 11.6. The van der Waals surface area contributed by atoms with Crippen molar-refractivity contribution in [1.82, 2.24) is 0 Å². The normalized spacial score (nSPS) is 10.2. The molecule has 11 nitrogen and oxygen atoms in total. The van der Waals surface area contributed by atoms with E-state index < -0.39 is 31.8 Å². The smallest absolute Gasteiger partial charge is 0.287 e. The number of para-hydroxylation sites is 2. The van der Waals surface area contributed by atoms with Gasteiger partial charge in [0.1, 0.15) is 5.69 Å². The van der Waals surface area contributed by atoms with E-state index >= 15 is 0 Å². The number of nitrogens with one attached hydrogen (secondary N) is 1. The molecule has 0 aliphatic rings. The van der Waals surface area contributed by atoms with Crippen LogP contribution in [0.2, 0.25) is 0 Å². The van der Waals surface area contributed by atoms with Crippen LogP contribution in [-0.4, -0.2) is 14.8 Å². The van der Waals surface area contributed by atoms with Crippen molar-refractivity contribution in [3.05, 3.63) is 103 Å². The third-order valence-corrected chi connectivity index (χ3v) is 3.95. The van der Waals surface area contributed by atoms with E-state index in [0.29, 0.717) is 11.4 Å². The molecule has 0 fully saturated rings. The number of nitro groups is 3. The molecule has 11 heteroatoms.